The number of hydrogen-bond donors (Lipinski definition) is 1. The summed E-state index contributed by atoms with van der Waals surface area (Å²) in [5, 5.41) is 3.80. The Labute approximate surface area is 100.0 Å². The predicted molar refractivity (Wildman–Crippen MR) is 63.5 cm³/mol. The Balaban J connectivity index is 1.95. The summed E-state index contributed by atoms with van der Waals surface area (Å²) >= 11 is 5.90. The number of nitrogens with one attached hydrogen (secondary N) is 1. The summed E-state index contributed by atoms with van der Waals surface area (Å²) in [4.78, 5) is 11.5. The largest absolute Gasteiger partial charge is 0.355 e. The molecule has 1 N–H and O–H groups in total. The van der Waals surface area contributed by atoms with Crippen LogP contribution in [0.25, 0.3) is 0 Å². The molecule has 2 fully saturated rings. The minimum Gasteiger partial charge on any atom is -0.355 e. The molecule has 1 aromatic carbocycles. The van der Waals surface area contributed by atoms with Gasteiger partial charge in [0.1, 0.15) is 0 Å². The summed E-state index contributed by atoms with van der Waals surface area (Å²) in [5.41, 5.74) is 1.49. The normalized spacial score (nSPS) is 32.6. The minimum absolute atomic E-state index is 0.170. The molecule has 0 radical (unpaired) electrons. The van der Waals surface area contributed by atoms with Crippen molar-refractivity contribution in [3.63, 3.8) is 0 Å². The second kappa shape index (κ2) is 3.49. The van der Waals surface area contributed by atoms with Gasteiger partial charge in [-0.25, -0.2) is 0 Å². The summed E-state index contributed by atoms with van der Waals surface area (Å²) in [6, 6.07) is 8.08. The molecule has 2 aliphatic rings. The van der Waals surface area contributed by atoms with E-state index in [1.807, 2.05) is 12.1 Å². The summed E-state index contributed by atoms with van der Waals surface area (Å²) in [7, 11) is 0. The highest BCUT2D eigenvalue weighted by Crippen LogP contribution is 2.46. The molecule has 3 heteroatoms. The topological polar surface area (TPSA) is 29.1 Å². The van der Waals surface area contributed by atoms with Gasteiger partial charge in [-0.15, -0.1) is 0 Å². The highest BCUT2D eigenvalue weighted by Gasteiger charge is 2.46. The molecule has 0 aromatic heterocycles. The van der Waals surface area contributed by atoms with Crippen molar-refractivity contribution in [1.29, 1.82) is 0 Å². The van der Waals surface area contributed by atoms with E-state index in [0.29, 0.717) is 0 Å². The van der Waals surface area contributed by atoms with Crippen molar-refractivity contribution in [1.82, 2.24) is 5.32 Å². The van der Waals surface area contributed by atoms with Crippen LogP contribution in [-0.4, -0.2) is 12.5 Å². The molecule has 2 atom stereocenters. The first-order valence-electron chi connectivity index (χ1n) is 5.73. The maximum atomic E-state index is 11.5. The molecule has 1 aliphatic carbocycles. The first-order valence-corrected chi connectivity index (χ1v) is 6.11. The summed E-state index contributed by atoms with van der Waals surface area (Å²) < 4.78 is 0. The van der Waals surface area contributed by atoms with E-state index in [1.54, 1.807) is 0 Å². The van der Waals surface area contributed by atoms with Crippen LogP contribution in [0.3, 0.4) is 0 Å². The van der Waals surface area contributed by atoms with Crippen LogP contribution < -0.4 is 5.32 Å². The Bertz CT molecular complexity index is 428. The van der Waals surface area contributed by atoms with Crippen molar-refractivity contribution in [2.24, 2.45) is 5.92 Å². The first kappa shape index (κ1) is 10.2. The highest BCUT2D eigenvalue weighted by molar-refractivity contribution is 6.30. The number of fused-ring (bicyclic) bond motifs is 2. The molecule has 1 amide bonds. The molecular formula is C13H14ClNO. The number of carbonyl (C=O) groups excluding carboxylic acids is 1. The van der Waals surface area contributed by atoms with E-state index in [-0.39, 0.29) is 17.2 Å². The van der Waals surface area contributed by atoms with E-state index < -0.39 is 0 Å². The lowest BCUT2D eigenvalue weighted by Gasteiger charge is -2.33. The van der Waals surface area contributed by atoms with Crippen molar-refractivity contribution in [3.8, 4) is 0 Å². The molecule has 0 spiro atoms. The molecule has 1 heterocycles. The van der Waals surface area contributed by atoms with E-state index >= 15 is 0 Å². The van der Waals surface area contributed by atoms with E-state index in [4.69, 9.17) is 11.6 Å². The van der Waals surface area contributed by atoms with Crippen molar-refractivity contribution < 1.29 is 4.79 Å². The zero-order valence-corrected chi connectivity index (χ0v) is 9.76. The second-order valence-electron chi connectivity index (χ2n) is 4.94. The molecule has 1 saturated heterocycles. The van der Waals surface area contributed by atoms with Gasteiger partial charge in [-0.1, -0.05) is 23.7 Å². The van der Waals surface area contributed by atoms with Crippen LogP contribution in [0.15, 0.2) is 24.3 Å². The Hall–Kier alpha value is -1.02. The van der Waals surface area contributed by atoms with Gasteiger partial charge in [-0.2, -0.15) is 0 Å². The number of halogens is 1. The third-order valence-corrected chi connectivity index (χ3v) is 4.29. The van der Waals surface area contributed by atoms with Crippen LogP contribution in [0.1, 0.15) is 24.8 Å². The van der Waals surface area contributed by atoms with Gasteiger partial charge < -0.3 is 5.32 Å². The molecule has 2 unspecified atom stereocenters. The average molecular weight is 236 g/mol. The van der Waals surface area contributed by atoms with Gasteiger partial charge in [0, 0.05) is 22.9 Å². The van der Waals surface area contributed by atoms with Crippen LogP contribution in [0.4, 0.5) is 0 Å². The van der Waals surface area contributed by atoms with E-state index in [9.17, 15) is 4.79 Å². The van der Waals surface area contributed by atoms with Crippen molar-refractivity contribution >= 4 is 17.5 Å². The number of rotatable bonds is 1. The summed E-state index contributed by atoms with van der Waals surface area (Å²) in [5.74, 6) is 0.464. The van der Waals surface area contributed by atoms with Crippen LogP contribution in [0.2, 0.25) is 5.02 Å². The molecule has 2 nitrogen and oxygen atoms in total. The molecule has 1 saturated carbocycles. The Morgan fingerprint density at radius 1 is 1.31 bits per heavy atom. The van der Waals surface area contributed by atoms with E-state index in [2.05, 4.69) is 17.4 Å². The molecule has 1 aliphatic heterocycles. The quantitative estimate of drug-likeness (QED) is 0.796. The van der Waals surface area contributed by atoms with Crippen molar-refractivity contribution in [2.45, 2.75) is 24.7 Å². The SMILES string of the molecule is O=C1NCC2(c3ccc(Cl)cc3)CCC1C2. The maximum Gasteiger partial charge on any atom is 0.223 e. The standard InChI is InChI=1S/C13H14ClNO/c14-11-3-1-10(2-4-11)13-6-5-9(7-13)12(16)15-8-13/h1-4,9H,5-8H2,(H,15,16). The van der Waals surface area contributed by atoms with Crippen molar-refractivity contribution in [2.75, 3.05) is 6.54 Å². The average Bonchev–Trinajstić information content (AvgIpc) is 2.66. The molecule has 84 valence electrons. The third kappa shape index (κ3) is 1.44. The number of hydrogen-bond acceptors (Lipinski definition) is 1. The zero-order valence-electron chi connectivity index (χ0n) is 9.00. The Morgan fingerprint density at radius 3 is 2.81 bits per heavy atom. The fourth-order valence-corrected chi connectivity index (χ4v) is 3.20. The lowest BCUT2D eigenvalue weighted by atomic mass is 9.76. The van der Waals surface area contributed by atoms with Gasteiger partial charge >= 0.3 is 0 Å². The molecule has 3 rings (SSSR count). The van der Waals surface area contributed by atoms with Gasteiger partial charge in [0.25, 0.3) is 0 Å². The maximum absolute atomic E-state index is 11.5. The van der Waals surface area contributed by atoms with Crippen LogP contribution >= 0.6 is 11.6 Å². The zero-order chi connectivity index (χ0) is 11.2. The number of amides is 1. The monoisotopic (exact) mass is 235 g/mol. The first-order chi connectivity index (χ1) is 7.70. The lowest BCUT2D eigenvalue weighted by molar-refractivity contribution is -0.126. The summed E-state index contributed by atoms with van der Waals surface area (Å²) in [6.45, 7) is 0.782. The van der Waals surface area contributed by atoms with E-state index in [1.165, 1.54) is 5.56 Å². The lowest BCUT2D eigenvalue weighted by Crippen LogP contribution is -2.45. The minimum atomic E-state index is 0.170. The predicted octanol–water partition coefficient (Wildman–Crippen LogP) is 2.51. The van der Waals surface area contributed by atoms with Crippen LogP contribution in [0.5, 0.6) is 0 Å². The Morgan fingerprint density at radius 2 is 2.06 bits per heavy atom. The smallest absolute Gasteiger partial charge is 0.223 e. The third-order valence-electron chi connectivity index (χ3n) is 4.04. The van der Waals surface area contributed by atoms with Gasteiger partial charge in [-0.05, 0) is 37.0 Å². The number of benzene rings is 1. The molecule has 2 bridgehead atoms. The van der Waals surface area contributed by atoms with Crippen LogP contribution in [-0.2, 0) is 10.2 Å². The van der Waals surface area contributed by atoms with Crippen molar-refractivity contribution in [3.05, 3.63) is 34.9 Å². The number of piperidine rings is 1. The van der Waals surface area contributed by atoms with Gasteiger partial charge in [0.05, 0.1) is 0 Å². The second-order valence-corrected chi connectivity index (χ2v) is 5.38. The number of carbonyl (C=O) groups is 1. The van der Waals surface area contributed by atoms with Gasteiger partial charge in [0.15, 0.2) is 0 Å². The summed E-state index contributed by atoms with van der Waals surface area (Å²) in [6.07, 6.45) is 3.13. The Kier molecular flexibility index (Phi) is 2.21. The van der Waals surface area contributed by atoms with E-state index in [0.717, 1.165) is 30.8 Å². The fourth-order valence-electron chi connectivity index (χ4n) is 3.08. The van der Waals surface area contributed by atoms with Gasteiger partial charge in [-0.3, -0.25) is 4.79 Å². The molecule has 1 aromatic rings. The molecule has 16 heavy (non-hydrogen) atoms. The van der Waals surface area contributed by atoms with Crippen LogP contribution in [0, 0.1) is 5.92 Å². The molecular weight excluding hydrogens is 222 g/mol. The van der Waals surface area contributed by atoms with Gasteiger partial charge in [0.2, 0.25) is 5.91 Å². The fraction of sp³-hybridized carbons (Fsp3) is 0.462. The highest BCUT2D eigenvalue weighted by atomic mass is 35.5.